The predicted octanol–water partition coefficient (Wildman–Crippen LogP) is 6.39. The minimum atomic E-state index is -0.963. The van der Waals surface area contributed by atoms with Crippen LogP contribution in [0.1, 0.15) is 16.7 Å². The number of rotatable bonds is 7. The van der Waals surface area contributed by atoms with E-state index in [2.05, 4.69) is 26.8 Å². The molecule has 9 heteroatoms. The van der Waals surface area contributed by atoms with E-state index in [0.29, 0.717) is 45.0 Å². The molecule has 8 nitrogen and oxygen atoms in total. The summed E-state index contributed by atoms with van der Waals surface area (Å²) >= 11 is 0. The van der Waals surface area contributed by atoms with Gasteiger partial charge in [-0.25, -0.2) is 8.91 Å². The van der Waals surface area contributed by atoms with Gasteiger partial charge < -0.3 is 15.4 Å². The summed E-state index contributed by atoms with van der Waals surface area (Å²) in [5.74, 6) is -0.486. The van der Waals surface area contributed by atoms with Crippen molar-refractivity contribution >= 4 is 34.6 Å². The zero-order chi connectivity index (χ0) is 26.5. The second kappa shape index (κ2) is 10.6. The first-order valence-corrected chi connectivity index (χ1v) is 11.6. The van der Waals surface area contributed by atoms with E-state index < -0.39 is 11.7 Å². The van der Waals surface area contributed by atoms with Gasteiger partial charge in [0, 0.05) is 23.6 Å². The number of benzene rings is 2. The molecule has 0 aliphatic rings. The lowest BCUT2D eigenvalue weighted by molar-refractivity contribution is -0.114. The molecule has 3 heterocycles. The molecule has 2 aromatic carbocycles. The predicted molar refractivity (Wildman–Crippen MR) is 143 cm³/mol. The molecule has 186 valence electrons. The number of hydrogen-bond donors (Lipinski definition) is 2. The average molecular weight is 505 g/mol. The van der Waals surface area contributed by atoms with E-state index in [1.165, 1.54) is 16.9 Å². The van der Waals surface area contributed by atoms with E-state index in [0.717, 1.165) is 11.8 Å². The zero-order valence-corrected chi connectivity index (χ0v) is 20.2. The molecule has 0 atom stereocenters. The number of ether oxygens (including phenoxy) is 1. The maximum Gasteiger partial charge on any atom is 0.284 e. The number of halogens is 1. The van der Waals surface area contributed by atoms with Gasteiger partial charge in [-0.1, -0.05) is 24.3 Å². The maximum atomic E-state index is 14.5. The number of para-hydroxylation sites is 1. The fraction of sp³-hybridized carbons (Fsp3) is 0.0345. The van der Waals surface area contributed by atoms with E-state index in [-0.39, 0.29) is 0 Å². The number of amides is 1. The molecular formula is C29H21FN6O2. The van der Waals surface area contributed by atoms with Crippen LogP contribution in [0.25, 0.3) is 11.6 Å². The maximum absolute atomic E-state index is 14.5. The molecule has 38 heavy (non-hydrogen) atoms. The molecule has 0 unspecified atom stereocenters. The molecule has 2 N–H and O–H groups in total. The monoisotopic (exact) mass is 504 g/mol. The molecule has 5 rings (SSSR count). The highest BCUT2D eigenvalue weighted by molar-refractivity contribution is 6.06. The number of nitriles is 1. The molecule has 0 saturated heterocycles. The van der Waals surface area contributed by atoms with Gasteiger partial charge in [-0.2, -0.15) is 10.4 Å². The molecule has 0 spiro atoms. The van der Waals surface area contributed by atoms with Crippen molar-refractivity contribution in [3.05, 3.63) is 114 Å². The number of carbonyl (C=O) groups excluding carboxylic acids is 1. The van der Waals surface area contributed by atoms with Crippen molar-refractivity contribution in [3.63, 3.8) is 0 Å². The van der Waals surface area contributed by atoms with E-state index in [9.17, 15) is 14.4 Å². The Bertz CT molecular complexity index is 1670. The van der Waals surface area contributed by atoms with Gasteiger partial charge in [0.25, 0.3) is 5.91 Å². The Balaban J connectivity index is 1.41. The van der Waals surface area contributed by atoms with Gasteiger partial charge >= 0.3 is 0 Å². The first-order chi connectivity index (χ1) is 18.5. The fourth-order valence-corrected chi connectivity index (χ4v) is 3.86. The summed E-state index contributed by atoms with van der Waals surface area (Å²) in [6, 6.07) is 22.2. The van der Waals surface area contributed by atoms with E-state index in [1.807, 2.05) is 54.6 Å². The summed E-state index contributed by atoms with van der Waals surface area (Å²) in [6.45, 7) is 1.76. The summed E-state index contributed by atoms with van der Waals surface area (Å²) in [6.07, 6.45) is 7.12. The normalized spacial score (nSPS) is 11.1. The van der Waals surface area contributed by atoms with E-state index in [1.54, 1.807) is 31.5 Å². The lowest BCUT2D eigenvalue weighted by atomic mass is 10.1. The first kappa shape index (κ1) is 24.2. The minimum absolute atomic E-state index is 0.309. The summed E-state index contributed by atoms with van der Waals surface area (Å²) in [5, 5.41) is 19.9. The van der Waals surface area contributed by atoms with Crippen molar-refractivity contribution in [1.82, 2.24) is 14.6 Å². The third-order valence-electron chi connectivity index (χ3n) is 5.72. The number of nitrogens with zero attached hydrogens (tertiary/aromatic N) is 4. The summed E-state index contributed by atoms with van der Waals surface area (Å²) in [4.78, 5) is 16.4. The Morgan fingerprint density at radius 1 is 1.05 bits per heavy atom. The number of carbonyl (C=O) groups is 1. The SMILES string of the molecule is Cc1c(NC(=O)/C(F)=C/c2cccnc2)cn2ncc(C#N)c(Nc3ccc(Oc4ccccc4)cc3)c12. The average Bonchev–Trinajstić information content (AvgIpc) is 3.26. The fourth-order valence-electron chi connectivity index (χ4n) is 3.86. The van der Waals surface area contributed by atoms with Crippen molar-refractivity contribution in [1.29, 1.82) is 5.26 Å². The molecule has 3 aromatic heterocycles. The van der Waals surface area contributed by atoms with Gasteiger partial charge in [0.15, 0.2) is 5.83 Å². The van der Waals surface area contributed by atoms with Crippen LogP contribution in [0.15, 0.2) is 97.3 Å². The highest BCUT2D eigenvalue weighted by atomic mass is 19.1. The van der Waals surface area contributed by atoms with Crippen LogP contribution in [-0.2, 0) is 4.79 Å². The smallest absolute Gasteiger partial charge is 0.284 e. The Labute approximate surface area is 217 Å². The van der Waals surface area contributed by atoms with Crippen molar-refractivity contribution in [2.75, 3.05) is 10.6 Å². The van der Waals surface area contributed by atoms with Gasteiger partial charge in [0.2, 0.25) is 0 Å². The van der Waals surface area contributed by atoms with Crippen LogP contribution in [0.4, 0.5) is 21.5 Å². The van der Waals surface area contributed by atoms with Crippen LogP contribution in [0.3, 0.4) is 0 Å². The minimum Gasteiger partial charge on any atom is -0.457 e. The van der Waals surface area contributed by atoms with Gasteiger partial charge in [-0.15, -0.1) is 0 Å². The van der Waals surface area contributed by atoms with Crippen LogP contribution in [0.2, 0.25) is 0 Å². The third kappa shape index (κ3) is 5.20. The van der Waals surface area contributed by atoms with Gasteiger partial charge in [0.1, 0.15) is 17.6 Å². The second-order valence-corrected chi connectivity index (χ2v) is 8.30. The molecule has 0 aliphatic heterocycles. The number of nitrogens with one attached hydrogen (secondary N) is 2. The number of pyridine rings is 1. The topological polar surface area (TPSA) is 104 Å². The first-order valence-electron chi connectivity index (χ1n) is 11.6. The highest BCUT2D eigenvalue weighted by Crippen LogP contribution is 2.33. The quantitative estimate of drug-likeness (QED) is 0.249. The number of aryl methyl sites for hydroxylation is 1. The second-order valence-electron chi connectivity index (χ2n) is 8.30. The van der Waals surface area contributed by atoms with Gasteiger partial charge in [0.05, 0.1) is 34.8 Å². The Kier molecular flexibility index (Phi) is 6.78. The third-order valence-corrected chi connectivity index (χ3v) is 5.72. The van der Waals surface area contributed by atoms with Crippen molar-refractivity contribution in [3.8, 4) is 17.6 Å². The summed E-state index contributed by atoms with van der Waals surface area (Å²) in [7, 11) is 0. The van der Waals surface area contributed by atoms with E-state index in [4.69, 9.17) is 4.74 Å². The van der Waals surface area contributed by atoms with Crippen LogP contribution in [0.5, 0.6) is 11.5 Å². The van der Waals surface area contributed by atoms with Crippen molar-refractivity contribution < 1.29 is 13.9 Å². The zero-order valence-electron chi connectivity index (χ0n) is 20.2. The lowest BCUT2D eigenvalue weighted by Gasteiger charge is -2.12. The Morgan fingerprint density at radius 2 is 1.82 bits per heavy atom. The van der Waals surface area contributed by atoms with Crippen LogP contribution >= 0.6 is 0 Å². The lowest BCUT2D eigenvalue weighted by Crippen LogP contribution is -2.12. The van der Waals surface area contributed by atoms with E-state index >= 15 is 0 Å². The summed E-state index contributed by atoms with van der Waals surface area (Å²) < 4.78 is 21.9. The standard InChI is InChI=1S/C29H21FN6O2/c1-19-26(35-29(37)25(30)14-20-6-5-13-32-16-20)18-36-28(19)27(21(15-31)17-33-36)34-22-9-11-24(12-10-22)38-23-7-3-2-4-8-23/h2-14,16-18,34H,1H3,(H,35,37)/b25-14-. The number of fused-ring (bicyclic) bond motifs is 1. The molecule has 5 aromatic rings. The largest absolute Gasteiger partial charge is 0.457 e. The molecule has 0 fully saturated rings. The number of aromatic nitrogens is 3. The Hall–Kier alpha value is -5.49. The molecular weight excluding hydrogens is 483 g/mol. The summed E-state index contributed by atoms with van der Waals surface area (Å²) in [5.41, 5.74) is 3.54. The van der Waals surface area contributed by atoms with Crippen LogP contribution in [0, 0.1) is 18.3 Å². The van der Waals surface area contributed by atoms with Crippen LogP contribution in [-0.4, -0.2) is 20.5 Å². The molecule has 0 radical (unpaired) electrons. The van der Waals surface area contributed by atoms with Crippen LogP contribution < -0.4 is 15.4 Å². The molecule has 0 aliphatic carbocycles. The molecule has 0 saturated carbocycles. The molecule has 0 bridgehead atoms. The van der Waals surface area contributed by atoms with Crippen molar-refractivity contribution in [2.24, 2.45) is 0 Å². The van der Waals surface area contributed by atoms with Crippen molar-refractivity contribution in [2.45, 2.75) is 6.92 Å². The number of hydrogen-bond acceptors (Lipinski definition) is 6. The highest BCUT2D eigenvalue weighted by Gasteiger charge is 2.19. The van der Waals surface area contributed by atoms with Gasteiger partial charge in [-0.3, -0.25) is 9.78 Å². The Morgan fingerprint density at radius 3 is 2.53 bits per heavy atom. The molecule has 1 amide bonds. The number of anilines is 3. The van der Waals surface area contributed by atoms with Gasteiger partial charge in [-0.05, 0) is 61.0 Å².